The fraction of sp³-hybridized carbons (Fsp3) is 0.471. The number of pyridine rings is 1. The molecule has 0 saturated carbocycles. The number of hydrogen-bond donors (Lipinski definition) is 0. The van der Waals surface area contributed by atoms with Crippen molar-refractivity contribution in [1.29, 1.82) is 0 Å². The van der Waals surface area contributed by atoms with Crippen molar-refractivity contribution in [2.24, 2.45) is 9.98 Å². The summed E-state index contributed by atoms with van der Waals surface area (Å²) in [6, 6.07) is 4.85. The molecule has 0 aliphatic carbocycles. The smallest absolute Gasteiger partial charge is 0.302 e. The van der Waals surface area contributed by atoms with Gasteiger partial charge >= 0.3 is 11.9 Å². The van der Waals surface area contributed by atoms with Crippen LogP contribution < -0.4 is 0 Å². The second-order valence-electron chi connectivity index (χ2n) is 5.81. The summed E-state index contributed by atoms with van der Waals surface area (Å²) < 4.78 is 21.0. The van der Waals surface area contributed by atoms with Crippen molar-refractivity contribution >= 4 is 23.7 Å². The Balaban J connectivity index is 1.67. The van der Waals surface area contributed by atoms with Gasteiger partial charge in [0.05, 0.1) is 0 Å². The van der Waals surface area contributed by atoms with Gasteiger partial charge < -0.3 is 18.9 Å². The first-order valence-corrected chi connectivity index (χ1v) is 8.17. The maximum absolute atomic E-state index is 10.9. The molecule has 0 fully saturated rings. The first kappa shape index (κ1) is 17.8. The van der Waals surface area contributed by atoms with Gasteiger partial charge in [0.2, 0.25) is 11.8 Å². The van der Waals surface area contributed by atoms with Gasteiger partial charge in [-0.25, -0.2) is 15.0 Å². The minimum Gasteiger partial charge on any atom is -0.474 e. The van der Waals surface area contributed by atoms with Crippen molar-refractivity contribution in [3.63, 3.8) is 0 Å². The fourth-order valence-corrected chi connectivity index (χ4v) is 2.38. The van der Waals surface area contributed by atoms with E-state index in [1.165, 1.54) is 13.8 Å². The molecular formula is C17H19N3O6. The number of carbonyl (C=O) groups excluding carboxylic acids is 2. The molecule has 0 saturated heterocycles. The summed E-state index contributed by atoms with van der Waals surface area (Å²) in [6.45, 7) is 3.70. The van der Waals surface area contributed by atoms with Crippen molar-refractivity contribution in [3.8, 4) is 0 Å². The molecular weight excluding hydrogens is 342 g/mol. The van der Waals surface area contributed by atoms with E-state index in [-0.39, 0.29) is 37.2 Å². The largest absolute Gasteiger partial charge is 0.474 e. The molecule has 0 amide bonds. The minimum absolute atomic E-state index is 0.173. The molecule has 3 heterocycles. The molecule has 0 N–H and O–H groups in total. The summed E-state index contributed by atoms with van der Waals surface area (Å²) in [5, 5.41) is 0. The predicted molar refractivity (Wildman–Crippen MR) is 90.1 cm³/mol. The summed E-state index contributed by atoms with van der Waals surface area (Å²) in [5.41, 5.74) is 1.09. The summed E-state index contributed by atoms with van der Waals surface area (Å²) in [5.74, 6) is 0.0695. The first-order valence-electron chi connectivity index (χ1n) is 8.17. The first-order chi connectivity index (χ1) is 12.5. The van der Waals surface area contributed by atoms with Crippen LogP contribution in [0.2, 0.25) is 0 Å². The Morgan fingerprint density at radius 2 is 1.42 bits per heavy atom. The lowest BCUT2D eigenvalue weighted by Crippen LogP contribution is -2.16. The second-order valence-corrected chi connectivity index (χ2v) is 5.81. The van der Waals surface area contributed by atoms with Gasteiger partial charge in [0.15, 0.2) is 0 Å². The third kappa shape index (κ3) is 4.56. The molecule has 2 atom stereocenters. The maximum Gasteiger partial charge on any atom is 0.302 e. The van der Waals surface area contributed by atoms with E-state index in [4.69, 9.17) is 18.9 Å². The van der Waals surface area contributed by atoms with E-state index in [2.05, 4.69) is 15.0 Å². The van der Waals surface area contributed by atoms with Gasteiger partial charge in [-0.3, -0.25) is 9.59 Å². The van der Waals surface area contributed by atoms with Crippen molar-refractivity contribution < 1.29 is 28.5 Å². The van der Waals surface area contributed by atoms with Gasteiger partial charge in [0, 0.05) is 13.8 Å². The van der Waals surface area contributed by atoms with Gasteiger partial charge in [-0.15, -0.1) is 0 Å². The molecule has 0 bridgehead atoms. The van der Waals surface area contributed by atoms with E-state index in [1.54, 1.807) is 18.2 Å². The number of ether oxygens (including phenoxy) is 4. The van der Waals surface area contributed by atoms with Crippen LogP contribution in [0.1, 0.15) is 25.2 Å². The third-order valence-corrected chi connectivity index (χ3v) is 3.57. The SMILES string of the molecule is CC(=O)OC[C@@H]1COC(c2cccc(C3=N[C@H](COC(C)=O)CO3)n2)=N1. The summed E-state index contributed by atoms with van der Waals surface area (Å²) in [4.78, 5) is 35.0. The molecule has 26 heavy (non-hydrogen) atoms. The Bertz CT molecular complexity index is 701. The Morgan fingerprint density at radius 3 is 1.85 bits per heavy atom. The molecule has 2 aliphatic heterocycles. The van der Waals surface area contributed by atoms with Crippen molar-refractivity contribution in [1.82, 2.24) is 4.98 Å². The van der Waals surface area contributed by atoms with Crippen LogP contribution in [0.4, 0.5) is 0 Å². The zero-order chi connectivity index (χ0) is 18.5. The van der Waals surface area contributed by atoms with E-state index >= 15 is 0 Å². The Hall–Kier alpha value is -2.97. The Labute approximate surface area is 150 Å². The highest BCUT2D eigenvalue weighted by Gasteiger charge is 2.25. The molecule has 3 rings (SSSR count). The van der Waals surface area contributed by atoms with Crippen LogP contribution in [0.25, 0.3) is 0 Å². The van der Waals surface area contributed by atoms with Crippen LogP contribution in [0.5, 0.6) is 0 Å². The molecule has 0 unspecified atom stereocenters. The lowest BCUT2D eigenvalue weighted by atomic mass is 10.3. The average Bonchev–Trinajstić information content (AvgIpc) is 3.28. The molecule has 138 valence electrons. The van der Waals surface area contributed by atoms with Crippen molar-refractivity contribution in [2.75, 3.05) is 26.4 Å². The highest BCUT2D eigenvalue weighted by molar-refractivity contribution is 5.97. The van der Waals surface area contributed by atoms with E-state index in [1.807, 2.05) is 0 Å². The van der Waals surface area contributed by atoms with Gasteiger partial charge in [-0.1, -0.05) is 6.07 Å². The molecule has 9 nitrogen and oxygen atoms in total. The molecule has 9 heteroatoms. The van der Waals surface area contributed by atoms with Gasteiger partial charge in [0.25, 0.3) is 0 Å². The zero-order valence-electron chi connectivity index (χ0n) is 14.5. The van der Waals surface area contributed by atoms with Crippen LogP contribution in [0, 0.1) is 0 Å². The average molecular weight is 361 g/mol. The van der Waals surface area contributed by atoms with Gasteiger partial charge in [-0.2, -0.15) is 0 Å². The minimum atomic E-state index is -0.353. The summed E-state index contributed by atoms with van der Waals surface area (Å²) in [6.07, 6.45) is 0. The predicted octanol–water partition coefficient (Wildman–Crippen LogP) is 0.499. The standard InChI is InChI=1S/C17H19N3O6/c1-10(21)23-6-12-8-25-16(18-12)14-4-3-5-15(20-14)17-19-13(9-26-17)7-24-11(2)22/h3-5,12-13H,6-9H2,1-2H3/t12-,13-/m1/s1. The fourth-order valence-electron chi connectivity index (χ4n) is 2.38. The van der Waals surface area contributed by atoms with Crippen LogP contribution in [0.3, 0.4) is 0 Å². The van der Waals surface area contributed by atoms with Crippen molar-refractivity contribution in [3.05, 3.63) is 29.6 Å². The number of aliphatic imine (C=N–C) groups is 2. The lowest BCUT2D eigenvalue weighted by Gasteiger charge is -2.04. The van der Waals surface area contributed by atoms with Crippen LogP contribution >= 0.6 is 0 Å². The van der Waals surface area contributed by atoms with Gasteiger partial charge in [0.1, 0.15) is 49.9 Å². The van der Waals surface area contributed by atoms with Crippen LogP contribution in [-0.4, -0.2) is 67.2 Å². The number of rotatable bonds is 6. The normalized spacial score (nSPS) is 21.3. The summed E-state index contributed by atoms with van der Waals surface area (Å²) in [7, 11) is 0. The number of aromatic nitrogens is 1. The molecule has 0 spiro atoms. The highest BCUT2D eigenvalue weighted by Crippen LogP contribution is 2.15. The monoisotopic (exact) mass is 361 g/mol. The lowest BCUT2D eigenvalue weighted by molar-refractivity contribution is -0.142. The molecule has 0 radical (unpaired) electrons. The molecule has 1 aromatic rings. The molecule has 1 aromatic heterocycles. The number of carbonyl (C=O) groups is 2. The van der Waals surface area contributed by atoms with E-state index in [0.717, 1.165) is 0 Å². The van der Waals surface area contributed by atoms with Crippen LogP contribution in [0.15, 0.2) is 28.2 Å². The van der Waals surface area contributed by atoms with Crippen LogP contribution in [-0.2, 0) is 28.5 Å². The van der Waals surface area contributed by atoms with E-state index in [0.29, 0.717) is 36.4 Å². The Kier molecular flexibility index (Phi) is 5.45. The van der Waals surface area contributed by atoms with Crippen molar-refractivity contribution in [2.45, 2.75) is 25.9 Å². The second kappa shape index (κ2) is 7.94. The molecule has 0 aromatic carbocycles. The highest BCUT2D eigenvalue weighted by atomic mass is 16.5. The number of esters is 2. The molecule has 2 aliphatic rings. The van der Waals surface area contributed by atoms with E-state index < -0.39 is 0 Å². The maximum atomic E-state index is 10.9. The Morgan fingerprint density at radius 1 is 0.962 bits per heavy atom. The topological polar surface area (TPSA) is 109 Å². The van der Waals surface area contributed by atoms with Gasteiger partial charge in [-0.05, 0) is 12.1 Å². The number of nitrogens with zero attached hydrogens (tertiary/aromatic N) is 3. The summed E-state index contributed by atoms with van der Waals surface area (Å²) >= 11 is 0. The van der Waals surface area contributed by atoms with E-state index in [9.17, 15) is 9.59 Å². The quantitative estimate of drug-likeness (QED) is 0.679. The third-order valence-electron chi connectivity index (χ3n) is 3.57. The zero-order valence-corrected chi connectivity index (χ0v) is 14.5. The number of hydrogen-bond acceptors (Lipinski definition) is 9.